The summed E-state index contributed by atoms with van der Waals surface area (Å²) >= 11 is 0. The minimum Gasteiger partial charge on any atom is -0.316 e. The number of benzene rings is 1. The Morgan fingerprint density at radius 2 is 1.88 bits per heavy atom. The lowest BCUT2D eigenvalue weighted by atomic mass is 10.0. The first kappa shape index (κ1) is 13.2. The van der Waals surface area contributed by atoms with E-state index in [4.69, 9.17) is 0 Å². The number of nitrogens with zero attached hydrogens (tertiary/aromatic N) is 1. The van der Waals surface area contributed by atoms with Crippen LogP contribution in [0.1, 0.15) is 24.8 Å². The summed E-state index contributed by atoms with van der Waals surface area (Å²) in [4.78, 5) is 2.22. The van der Waals surface area contributed by atoms with Crippen LogP contribution in [0.5, 0.6) is 0 Å². The summed E-state index contributed by atoms with van der Waals surface area (Å²) in [5, 5.41) is 3.51. The van der Waals surface area contributed by atoms with Crippen LogP contribution in [0.25, 0.3) is 0 Å². The van der Waals surface area contributed by atoms with Crippen LogP contribution >= 0.6 is 0 Å². The summed E-state index contributed by atoms with van der Waals surface area (Å²) in [6.45, 7) is 5.60. The van der Waals surface area contributed by atoms with Crippen molar-refractivity contribution in [3.8, 4) is 0 Å². The molecule has 0 aromatic heterocycles. The van der Waals surface area contributed by atoms with E-state index in [9.17, 15) is 0 Å². The molecule has 2 nitrogen and oxygen atoms in total. The van der Waals surface area contributed by atoms with Gasteiger partial charge in [0.25, 0.3) is 0 Å². The van der Waals surface area contributed by atoms with E-state index in [1.165, 1.54) is 12.0 Å². The minimum absolute atomic E-state index is 0.598. The lowest BCUT2D eigenvalue weighted by Crippen LogP contribution is -2.24. The fraction of sp³-hybridized carbons (Fsp3) is 0.571. The standard InChI is InChI=1S/C14H24N2/c1-13(14-8-5-4-6-9-14)12-15-10-7-11-16(2)3/h4-6,8-9,13,15H,7,10-12H2,1-3H3/t13-/m1/s1. The highest BCUT2D eigenvalue weighted by Crippen LogP contribution is 2.12. The van der Waals surface area contributed by atoms with Crippen molar-refractivity contribution in [3.63, 3.8) is 0 Å². The third-order valence-electron chi connectivity index (χ3n) is 2.78. The van der Waals surface area contributed by atoms with Gasteiger partial charge in [-0.05, 0) is 45.1 Å². The van der Waals surface area contributed by atoms with Gasteiger partial charge in [-0.15, -0.1) is 0 Å². The van der Waals surface area contributed by atoms with Gasteiger partial charge < -0.3 is 10.2 Å². The molecule has 1 atom stereocenters. The van der Waals surface area contributed by atoms with Crippen LogP contribution in [-0.4, -0.2) is 38.6 Å². The molecule has 0 saturated heterocycles. The zero-order valence-corrected chi connectivity index (χ0v) is 10.7. The van der Waals surface area contributed by atoms with E-state index in [2.05, 4.69) is 61.6 Å². The first-order chi connectivity index (χ1) is 7.70. The van der Waals surface area contributed by atoms with Crippen molar-refractivity contribution >= 4 is 0 Å². The van der Waals surface area contributed by atoms with Gasteiger partial charge in [-0.25, -0.2) is 0 Å². The molecule has 0 amide bonds. The highest BCUT2D eigenvalue weighted by atomic mass is 15.0. The molecule has 0 bridgehead atoms. The van der Waals surface area contributed by atoms with E-state index in [0.29, 0.717) is 5.92 Å². The smallest absolute Gasteiger partial charge is 0.00174 e. The lowest BCUT2D eigenvalue weighted by Gasteiger charge is -2.14. The number of hydrogen-bond acceptors (Lipinski definition) is 2. The Labute approximate surface area is 99.7 Å². The van der Waals surface area contributed by atoms with Gasteiger partial charge in [0, 0.05) is 6.54 Å². The van der Waals surface area contributed by atoms with Crippen LogP contribution in [-0.2, 0) is 0 Å². The van der Waals surface area contributed by atoms with Crippen molar-refractivity contribution in [2.45, 2.75) is 19.3 Å². The predicted octanol–water partition coefficient (Wildman–Crippen LogP) is 2.33. The van der Waals surface area contributed by atoms with Crippen LogP contribution in [0.15, 0.2) is 30.3 Å². The van der Waals surface area contributed by atoms with Crippen LogP contribution < -0.4 is 5.32 Å². The van der Waals surface area contributed by atoms with E-state index in [1.54, 1.807) is 0 Å². The molecule has 0 heterocycles. The van der Waals surface area contributed by atoms with Gasteiger partial charge in [0.2, 0.25) is 0 Å². The third-order valence-corrected chi connectivity index (χ3v) is 2.78. The number of nitrogens with one attached hydrogen (secondary N) is 1. The Kier molecular flexibility index (Phi) is 6.12. The first-order valence-electron chi connectivity index (χ1n) is 6.10. The maximum Gasteiger partial charge on any atom is 0.00174 e. The normalized spacial score (nSPS) is 13.0. The van der Waals surface area contributed by atoms with Crippen molar-refractivity contribution in [1.82, 2.24) is 10.2 Å². The SMILES string of the molecule is C[C@H](CNCCCN(C)C)c1ccccc1. The molecular formula is C14H24N2. The van der Waals surface area contributed by atoms with Crippen molar-refractivity contribution in [3.05, 3.63) is 35.9 Å². The molecule has 1 rings (SSSR count). The zero-order valence-electron chi connectivity index (χ0n) is 10.7. The highest BCUT2D eigenvalue weighted by molar-refractivity contribution is 5.18. The zero-order chi connectivity index (χ0) is 11.8. The molecule has 0 aliphatic carbocycles. The molecule has 0 saturated carbocycles. The quantitative estimate of drug-likeness (QED) is 0.710. The van der Waals surface area contributed by atoms with Crippen LogP contribution in [0.2, 0.25) is 0 Å². The molecule has 0 radical (unpaired) electrons. The molecular weight excluding hydrogens is 196 g/mol. The topological polar surface area (TPSA) is 15.3 Å². The molecule has 0 aliphatic rings. The minimum atomic E-state index is 0.598. The van der Waals surface area contributed by atoms with Crippen LogP contribution in [0.4, 0.5) is 0 Å². The highest BCUT2D eigenvalue weighted by Gasteiger charge is 2.03. The average molecular weight is 220 g/mol. The summed E-state index contributed by atoms with van der Waals surface area (Å²) in [6.07, 6.45) is 1.22. The Bertz CT molecular complexity index is 269. The van der Waals surface area contributed by atoms with Gasteiger partial charge in [0.15, 0.2) is 0 Å². The molecule has 0 unspecified atom stereocenters. The second kappa shape index (κ2) is 7.42. The van der Waals surface area contributed by atoms with Gasteiger partial charge in [-0.2, -0.15) is 0 Å². The molecule has 1 aromatic carbocycles. The van der Waals surface area contributed by atoms with Gasteiger partial charge in [0.1, 0.15) is 0 Å². The first-order valence-corrected chi connectivity index (χ1v) is 6.10. The fourth-order valence-corrected chi connectivity index (χ4v) is 1.74. The summed E-state index contributed by atoms with van der Waals surface area (Å²) < 4.78 is 0. The molecule has 2 heteroatoms. The van der Waals surface area contributed by atoms with Crippen molar-refractivity contribution in [1.29, 1.82) is 0 Å². The summed E-state index contributed by atoms with van der Waals surface area (Å²) in [6, 6.07) is 10.7. The predicted molar refractivity (Wildman–Crippen MR) is 70.9 cm³/mol. The fourth-order valence-electron chi connectivity index (χ4n) is 1.74. The molecule has 16 heavy (non-hydrogen) atoms. The maximum absolute atomic E-state index is 3.51. The Balaban J connectivity index is 2.14. The Morgan fingerprint density at radius 1 is 1.19 bits per heavy atom. The van der Waals surface area contributed by atoms with Crippen LogP contribution in [0, 0.1) is 0 Å². The van der Waals surface area contributed by atoms with E-state index in [0.717, 1.165) is 19.6 Å². The van der Waals surface area contributed by atoms with Gasteiger partial charge >= 0.3 is 0 Å². The third kappa shape index (κ3) is 5.29. The molecule has 0 fully saturated rings. The molecule has 1 aromatic rings. The second-order valence-corrected chi connectivity index (χ2v) is 4.67. The molecule has 0 aliphatic heterocycles. The number of rotatable bonds is 7. The molecule has 0 spiro atoms. The van der Waals surface area contributed by atoms with E-state index in [1.807, 2.05) is 0 Å². The van der Waals surface area contributed by atoms with Crippen molar-refractivity contribution in [2.75, 3.05) is 33.7 Å². The van der Waals surface area contributed by atoms with Gasteiger partial charge in [-0.3, -0.25) is 0 Å². The van der Waals surface area contributed by atoms with Gasteiger partial charge in [0.05, 0.1) is 0 Å². The average Bonchev–Trinajstić information content (AvgIpc) is 2.29. The Hall–Kier alpha value is -0.860. The number of hydrogen-bond donors (Lipinski definition) is 1. The van der Waals surface area contributed by atoms with Crippen LogP contribution in [0.3, 0.4) is 0 Å². The van der Waals surface area contributed by atoms with E-state index >= 15 is 0 Å². The van der Waals surface area contributed by atoms with Crippen molar-refractivity contribution < 1.29 is 0 Å². The van der Waals surface area contributed by atoms with Crippen molar-refractivity contribution in [2.24, 2.45) is 0 Å². The largest absolute Gasteiger partial charge is 0.316 e. The summed E-state index contributed by atoms with van der Waals surface area (Å²) in [5.41, 5.74) is 1.42. The molecule has 90 valence electrons. The molecule has 1 N–H and O–H groups in total. The van der Waals surface area contributed by atoms with Gasteiger partial charge in [-0.1, -0.05) is 37.3 Å². The summed E-state index contributed by atoms with van der Waals surface area (Å²) in [7, 11) is 4.24. The second-order valence-electron chi connectivity index (χ2n) is 4.67. The Morgan fingerprint density at radius 3 is 2.50 bits per heavy atom. The summed E-state index contributed by atoms with van der Waals surface area (Å²) in [5.74, 6) is 0.598. The maximum atomic E-state index is 3.51. The lowest BCUT2D eigenvalue weighted by molar-refractivity contribution is 0.393. The van der Waals surface area contributed by atoms with E-state index in [-0.39, 0.29) is 0 Å². The monoisotopic (exact) mass is 220 g/mol. The van der Waals surface area contributed by atoms with E-state index < -0.39 is 0 Å².